The molecule has 1 aromatic carbocycles. The van der Waals surface area contributed by atoms with Gasteiger partial charge in [-0.1, -0.05) is 12.1 Å². The number of hydrogen-bond donors (Lipinski definition) is 0. The fourth-order valence-electron chi connectivity index (χ4n) is 3.82. The van der Waals surface area contributed by atoms with E-state index in [1.807, 2.05) is 51.7 Å². The van der Waals surface area contributed by atoms with E-state index in [0.717, 1.165) is 50.6 Å². The Morgan fingerprint density at radius 1 is 0.969 bits per heavy atom. The van der Waals surface area contributed by atoms with E-state index in [1.165, 1.54) is 0 Å². The van der Waals surface area contributed by atoms with E-state index in [2.05, 4.69) is 36.8 Å². The predicted molar refractivity (Wildman–Crippen MR) is 122 cm³/mol. The molecule has 5 aromatic rings. The van der Waals surface area contributed by atoms with Crippen molar-refractivity contribution in [2.24, 2.45) is 14.1 Å². The van der Waals surface area contributed by atoms with Gasteiger partial charge in [0.2, 0.25) is 0 Å². The molecule has 0 saturated carbocycles. The van der Waals surface area contributed by atoms with Gasteiger partial charge in [-0.05, 0) is 19.1 Å². The second-order valence-corrected chi connectivity index (χ2v) is 7.74. The Morgan fingerprint density at radius 3 is 2.56 bits per heavy atom. The monoisotopic (exact) mass is 425 g/mol. The lowest BCUT2D eigenvalue weighted by Crippen LogP contribution is -2.01. The van der Waals surface area contributed by atoms with Gasteiger partial charge in [-0.2, -0.15) is 5.10 Å². The van der Waals surface area contributed by atoms with Gasteiger partial charge in [0, 0.05) is 61.2 Å². The number of benzene rings is 1. The second kappa shape index (κ2) is 7.88. The third kappa shape index (κ3) is 3.49. The van der Waals surface area contributed by atoms with Crippen molar-refractivity contribution in [2.45, 2.75) is 13.3 Å². The summed E-state index contributed by atoms with van der Waals surface area (Å²) in [5.41, 5.74) is 5.65. The van der Waals surface area contributed by atoms with Gasteiger partial charge in [0.25, 0.3) is 0 Å². The number of nitrogens with zero attached hydrogens (tertiary/aromatic N) is 7. The van der Waals surface area contributed by atoms with Gasteiger partial charge >= 0.3 is 0 Å². The quantitative estimate of drug-likeness (QED) is 0.427. The van der Waals surface area contributed by atoms with Crippen molar-refractivity contribution in [2.75, 3.05) is 7.11 Å². The van der Waals surface area contributed by atoms with Gasteiger partial charge in [0.15, 0.2) is 0 Å². The zero-order chi connectivity index (χ0) is 22.2. The first-order valence-corrected chi connectivity index (χ1v) is 10.3. The molecule has 0 radical (unpaired) electrons. The molecule has 8 heteroatoms. The minimum Gasteiger partial charge on any atom is -0.496 e. The maximum Gasteiger partial charge on any atom is 0.133 e. The molecule has 0 aliphatic rings. The van der Waals surface area contributed by atoms with Gasteiger partial charge in [0.05, 0.1) is 30.9 Å². The van der Waals surface area contributed by atoms with E-state index in [4.69, 9.17) is 9.72 Å². The Bertz CT molecular complexity index is 1430. The van der Waals surface area contributed by atoms with Crippen LogP contribution in [0.5, 0.6) is 5.75 Å². The van der Waals surface area contributed by atoms with Gasteiger partial charge in [-0.3, -0.25) is 9.67 Å². The molecule has 5 rings (SSSR count). The molecular formula is C24H23N7O. The Balaban J connectivity index is 1.52. The predicted octanol–water partition coefficient (Wildman–Crippen LogP) is 3.73. The molecule has 0 fully saturated rings. The second-order valence-electron chi connectivity index (χ2n) is 7.74. The van der Waals surface area contributed by atoms with Crippen LogP contribution in [0.1, 0.15) is 17.2 Å². The van der Waals surface area contributed by atoms with Gasteiger partial charge < -0.3 is 9.30 Å². The highest BCUT2D eigenvalue weighted by Gasteiger charge is 2.14. The van der Waals surface area contributed by atoms with Crippen molar-refractivity contribution >= 4 is 10.9 Å². The van der Waals surface area contributed by atoms with E-state index < -0.39 is 0 Å². The van der Waals surface area contributed by atoms with Crippen molar-refractivity contribution in [3.05, 3.63) is 72.5 Å². The van der Waals surface area contributed by atoms with Crippen LogP contribution in [0.25, 0.3) is 33.4 Å². The van der Waals surface area contributed by atoms with E-state index in [-0.39, 0.29) is 0 Å². The first-order chi connectivity index (χ1) is 15.5. The number of aryl methyl sites for hydroxylation is 2. The van der Waals surface area contributed by atoms with Crippen LogP contribution in [0.3, 0.4) is 0 Å². The van der Waals surface area contributed by atoms with Crippen LogP contribution in [0.2, 0.25) is 0 Å². The van der Waals surface area contributed by atoms with Crippen LogP contribution in [-0.4, -0.2) is 41.4 Å². The summed E-state index contributed by atoms with van der Waals surface area (Å²) in [4.78, 5) is 18.4. The molecule has 4 heterocycles. The lowest BCUT2D eigenvalue weighted by atomic mass is 10.0. The highest BCUT2D eigenvalue weighted by Crippen LogP contribution is 2.29. The fraction of sp³-hybridized carbons (Fsp3) is 0.208. The Kier molecular flexibility index (Phi) is 4.89. The minimum atomic E-state index is 0.547. The lowest BCUT2D eigenvalue weighted by molar-refractivity contribution is 0.410. The molecule has 0 saturated heterocycles. The van der Waals surface area contributed by atoms with E-state index in [1.54, 1.807) is 24.2 Å². The number of methoxy groups -OCH3 is 1. The van der Waals surface area contributed by atoms with Crippen LogP contribution >= 0.6 is 0 Å². The first-order valence-electron chi connectivity index (χ1n) is 10.3. The summed E-state index contributed by atoms with van der Waals surface area (Å²) in [5, 5.41) is 5.21. The summed E-state index contributed by atoms with van der Waals surface area (Å²) < 4.78 is 9.52. The van der Waals surface area contributed by atoms with Crippen molar-refractivity contribution in [3.63, 3.8) is 0 Å². The normalized spacial score (nSPS) is 11.2. The third-order valence-corrected chi connectivity index (χ3v) is 5.68. The smallest absolute Gasteiger partial charge is 0.133 e. The van der Waals surface area contributed by atoms with Gasteiger partial charge in [-0.15, -0.1) is 0 Å². The highest BCUT2D eigenvalue weighted by molar-refractivity contribution is 5.90. The third-order valence-electron chi connectivity index (χ3n) is 5.68. The summed E-state index contributed by atoms with van der Waals surface area (Å²) in [7, 11) is 5.58. The molecule has 0 N–H and O–H groups in total. The molecular weight excluding hydrogens is 402 g/mol. The minimum absolute atomic E-state index is 0.547. The van der Waals surface area contributed by atoms with Crippen molar-refractivity contribution in [3.8, 4) is 28.3 Å². The SMILES string of the molecule is COc1cc(-c2cnc(C)n2C)ccc1Cc1ncc2ccnc(-c3cnn(C)c3)c2n1. The molecule has 0 aliphatic heterocycles. The summed E-state index contributed by atoms with van der Waals surface area (Å²) in [6.07, 6.45) is 9.78. The summed E-state index contributed by atoms with van der Waals surface area (Å²) in [5.74, 6) is 2.47. The van der Waals surface area contributed by atoms with Crippen LogP contribution in [-0.2, 0) is 20.5 Å². The Labute approximate surface area is 185 Å². The molecule has 0 unspecified atom stereocenters. The average molecular weight is 425 g/mol. The highest BCUT2D eigenvalue weighted by atomic mass is 16.5. The number of fused-ring (bicyclic) bond motifs is 1. The maximum atomic E-state index is 5.70. The standard InChI is InChI=1S/C24H23N7O/c1-15-26-13-20(31(15)3)16-5-6-17(21(9-16)32-4)10-22-27-11-18-7-8-25-23(24(18)29-22)19-12-28-30(2)14-19/h5-9,11-14H,10H2,1-4H3. The van der Waals surface area contributed by atoms with Crippen molar-refractivity contribution in [1.82, 2.24) is 34.3 Å². The van der Waals surface area contributed by atoms with E-state index in [0.29, 0.717) is 12.2 Å². The zero-order valence-corrected chi connectivity index (χ0v) is 18.4. The maximum absolute atomic E-state index is 5.70. The summed E-state index contributed by atoms with van der Waals surface area (Å²) in [6.45, 7) is 1.99. The van der Waals surface area contributed by atoms with Crippen LogP contribution < -0.4 is 4.74 Å². The number of pyridine rings is 1. The van der Waals surface area contributed by atoms with Crippen molar-refractivity contribution in [1.29, 1.82) is 0 Å². The largest absolute Gasteiger partial charge is 0.496 e. The molecule has 0 spiro atoms. The Morgan fingerprint density at radius 2 is 1.84 bits per heavy atom. The number of aromatic nitrogens is 7. The Hall–Kier alpha value is -4.07. The molecule has 160 valence electrons. The number of rotatable bonds is 5. The molecule has 0 amide bonds. The van der Waals surface area contributed by atoms with Gasteiger partial charge in [0.1, 0.15) is 22.9 Å². The topological polar surface area (TPSA) is 83.5 Å². The molecule has 0 bridgehead atoms. The molecule has 4 aromatic heterocycles. The molecule has 32 heavy (non-hydrogen) atoms. The zero-order valence-electron chi connectivity index (χ0n) is 18.4. The fourth-order valence-corrected chi connectivity index (χ4v) is 3.82. The molecule has 0 atom stereocenters. The van der Waals surface area contributed by atoms with E-state index >= 15 is 0 Å². The number of imidazole rings is 1. The van der Waals surface area contributed by atoms with Crippen molar-refractivity contribution < 1.29 is 4.74 Å². The lowest BCUT2D eigenvalue weighted by Gasteiger charge is -2.12. The number of ether oxygens (including phenoxy) is 1. The summed E-state index contributed by atoms with van der Waals surface area (Å²) >= 11 is 0. The van der Waals surface area contributed by atoms with Crippen LogP contribution in [0.4, 0.5) is 0 Å². The average Bonchev–Trinajstić information content (AvgIpc) is 3.39. The van der Waals surface area contributed by atoms with Crippen LogP contribution in [0.15, 0.2) is 55.2 Å². The van der Waals surface area contributed by atoms with Crippen LogP contribution in [0, 0.1) is 6.92 Å². The first kappa shape index (κ1) is 19.9. The van der Waals surface area contributed by atoms with Gasteiger partial charge in [-0.25, -0.2) is 15.0 Å². The van der Waals surface area contributed by atoms with E-state index in [9.17, 15) is 0 Å². The summed E-state index contributed by atoms with van der Waals surface area (Å²) in [6, 6.07) is 8.10. The molecule has 0 aliphatic carbocycles. The number of hydrogen-bond acceptors (Lipinski definition) is 6. The molecule has 8 nitrogen and oxygen atoms in total.